The molecule has 0 aliphatic carbocycles. The number of esters is 3. The molecule has 1 rings (SSSR count). The van der Waals surface area contributed by atoms with Gasteiger partial charge in [0.1, 0.15) is 5.76 Å². The lowest BCUT2D eigenvalue weighted by Gasteiger charge is -2.40. The first kappa shape index (κ1) is 24.8. The first-order valence-corrected chi connectivity index (χ1v) is 8.81. The number of aliphatic hydroxyl groups excluding tert-OH is 1. The molecule has 0 radical (unpaired) electrons. The van der Waals surface area contributed by atoms with Crippen LogP contribution in [0.15, 0.2) is 16.3 Å². The third-order valence-corrected chi connectivity index (χ3v) is 3.70. The number of ether oxygens (including phenoxy) is 4. The number of hydrogen-bond donors (Lipinski definition) is 2. The normalized spacial score (nSPS) is 24.4. The van der Waals surface area contributed by atoms with Crippen molar-refractivity contribution in [3.05, 3.63) is 11.3 Å². The van der Waals surface area contributed by atoms with Crippen LogP contribution in [0.5, 0.6) is 0 Å². The van der Waals surface area contributed by atoms with Crippen molar-refractivity contribution >= 4 is 35.9 Å². The van der Waals surface area contributed by atoms with Gasteiger partial charge in [-0.05, 0) is 13.8 Å². The average Bonchev–Trinajstić information content (AvgIpc) is 2.58. The monoisotopic (exact) mass is 428 g/mol. The number of urea groups is 1. The largest absolute Gasteiger partial charge is 0.512 e. The Bertz CT molecular complexity index is 769. The lowest BCUT2D eigenvalue weighted by Crippen LogP contribution is -2.62. The summed E-state index contributed by atoms with van der Waals surface area (Å²) in [5, 5.41) is 11.7. The Kier molecular flexibility index (Phi) is 9.12. The molecular formula is C18H24N2O10. The van der Waals surface area contributed by atoms with Crippen LogP contribution in [0, 0.1) is 0 Å². The van der Waals surface area contributed by atoms with Crippen LogP contribution in [0.25, 0.3) is 0 Å². The summed E-state index contributed by atoms with van der Waals surface area (Å²) >= 11 is 0. The van der Waals surface area contributed by atoms with E-state index >= 15 is 0 Å². The molecule has 0 aromatic rings. The molecular weight excluding hydrogens is 404 g/mol. The lowest BCUT2D eigenvalue weighted by molar-refractivity contribution is -0.228. The van der Waals surface area contributed by atoms with Crippen molar-refractivity contribution in [1.82, 2.24) is 5.32 Å². The zero-order valence-corrected chi connectivity index (χ0v) is 17.2. The zero-order chi connectivity index (χ0) is 23.0. The first-order valence-electron chi connectivity index (χ1n) is 8.81. The van der Waals surface area contributed by atoms with Crippen molar-refractivity contribution < 1.29 is 48.0 Å². The van der Waals surface area contributed by atoms with E-state index in [2.05, 4.69) is 10.3 Å². The van der Waals surface area contributed by atoms with Gasteiger partial charge in [0.05, 0.1) is 12.2 Å². The predicted octanol–water partition coefficient (Wildman–Crippen LogP) is 0.339. The van der Waals surface area contributed by atoms with Gasteiger partial charge in [-0.25, -0.2) is 9.79 Å². The van der Waals surface area contributed by atoms with Crippen LogP contribution in [0.3, 0.4) is 0 Å². The molecule has 0 unspecified atom stereocenters. The molecule has 12 heteroatoms. The van der Waals surface area contributed by atoms with Crippen molar-refractivity contribution in [3.8, 4) is 0 Å². The predicted molar refractivity (Wildman–Crippen MR) is 99.4 cm³/mol. The molecule has 0 aromatic carbocycles. The Morgan fingerprint density at radius 2 is 1.47 bits per heavy atom. The van der Waals surface area contributed by atoms with Gasteiger partial charge in [0.15, 0.2) is 30.3 Å². The highest BCUT2D eigenvalue weighted by molar-refractivity contribution is 6.14. The summed E-state index contributed by atoms with van der Waals surface area (Å²) in [6.45, 7) is 5.48. The Morgan fingerprint density at radius 1 is 0.933 bits per heavy atom. The van der Waals surface area contributed by atoms with Crippen LogP contribution in [0.4, 0.5) is 4.79 Å². The number of hydrogen-bond acceptors (Lipinski definition) is 10. The molecule has 12 nitrogen and oxygen atoms in total. The van der Waals surface area contributed by atoms with Gasteiger partial charge in [0, 0.05) is 27.0 Å². The fourth-order valence-corrected chi connectivity index (χ4v) is 2.59. The fourth-order valence-electron chi connectivity index (χ4n) is 2.59. The Hall–Kier alpha value is -3.28. The number of allylic oxidation sites excluding steroid dienone is 2. The van der Waals surface area contributed by atoms with E-state index in [1.807, 2.05) is 0 Å². The number of ketones is 1. The quantitative estimate of drug-likeness (QED) is 0.198. The second kappa shape index (κ2) is 11.0. The molecule has 0 spiro atoms. The van der Waals surface area contributed by atoms with E-state index in [4.69, 9.17) is 18.9 Å². The van der Waals surface area contributed by atoms with Crippen molar-refractivity contribution in [2.45, 2.75) is 59.2 Å². The molecule has 166 valence electrons. The van der Waals surface area contributed by atoms with Gasteiger partial charge in [0.2, 0.25) is 0 Å². The molecule has 0 bridgehead atoms. The smallest absolute Gasteiger partial charge is 0.343 e. The highest BCUT2D eigenvalue weighted by Crippen LogP contribution is 2.23. The lowest BCUT2D eigenvalue weighted by atomic mass is 10.0. The Labute approximate surface area is 172 Å². The molecule has 1 fully saturated rings. The van der Waals surface area contributed by atoms with E-state index in [0.29, 0.717) is 0 Å². The summed E-state index contributed by atoms with van der Waals surface area (Å²) in [4.78, 5) is 61.4. The maximum absolute atomic E-state index is 12.1. The van der Waals surface area contributed by atoms with Crippen molar-refractivity contribution in [2.75, 3.05) is 6.61 Å². The number of carbonyl (C=O) groups excluding carboxylic acids is 5. The van der Waals surface area contributed by atoms with Crippen LogP contribution in [0.1, 0.15) is 34.6 Å². The summed E-state index contributed by atoms with van der Waals surface area (Å²) < 4.78 is 20.7. The van der Waals surface area contributed by atoms with Crippen LogP contribution in [-0.2, 0) is 38.1 Å². The van der Waals surface area contributed by atoms with E-state index in [0.717, 1.165) is 27.0 Å². The molecule has 2 amide bonds. The maximum atomic E-state index is 12.1. The third-order valence-electron chi connectivity index (χ3n) is 3.70. The fraction of sp³-hybridized carbons (Fsp3) is 0.556. The summed E-state index contributed by atoms with van der Waals surface area (Å²) in [6.07, 6.45) is -4.15. The van der Waals surface area contributed by atoms with Gasteiger partial charge >= 0.3 is 23.9 Å². The van der Waals surface area contributed by atoms with Gasteiger partial charge in [-0.3, -0.25) is 19.2 Å². The van der Waals surface area contributed by atoms with Crippen molar-refractivity contribution in [3.63, 3.8) is 0 Å². The summed E-state index contributed by atoms with van der Waals surface area (Å²) in [7, 11) is 0. The highest BCUT2D eigenvalue weighted by Gasteiger charge is 2.47. The molecule has 1 saturated heterocycles. The second-order valence-corrected chi connectivity index (χ2v) is 6.31. The van der Waals surface area contributed by atoms with E-state index < -0.39 is 54.3 Å². The second-order valence-electron chi connectivity index (χ2n) is 6.31. The van der Waals surface area contributed by atoms with Gasteiger partial charge in [-0.15, -0.1) is 0 Å². The summed E-state index contributed by atoms with van der Waals surface area (Å²) in [5.41, 5.74) is -0.182. The molecule has 1 heterocycles. The SMILES string of the molecule is CC(=O)O[C@H]1[C@H](OC(C)=O)[C@@H](NC(=O)/N=C/C(C(C)=O)=C(/C)O)OC[C@H]1OC(C)=O. The van der Waals surface area contributed by atoms with Crippen LogP contribution < -0.4 is 5.32 Å². The zero-order valence-electron chi connectivity index (χ0n) is 17.2. The van der Waals surface area contributed by atoms with Gasteiger partial charge in [-0.1, -0.05) is 0 Å². The molecule has 0 aromatic heterocycles. The average molecular weight is 428 g/mol. The highest BCUT2D eigenvalue weighted by atomic mass is 16.6. The minimum absolute atomic E-state index is 0.182. The van der Waals surface area contributed by atoms with Gasteiger partial charge < -0.3 is 29.4 Å². The number of aliphatic hydroxyl groups is 1. The maximum Gasteiger partial charge on any atom is 0.343 e. The topological polar surface area (TPSA) is 167 Å². The standard InChI is InChI=1S/C18H24N2O10/c1-8(21)13(9(2)22)6-19-18(26)20-17-16(30-12(5)25)15(29-11(4)24)14(7-27-17)28-10(3)23/h6,14-17,21H,7H2,1-5H3,(H,20,26)/b13-8+,19-6+/t14-,15-,16+,17+/m1/s1. The van der Waals surface area contributed by atoms with Crippen LogP contribution in [-0.4, -0.2) is 72.2 Å². The van der Waals surface area contributed by atoms with E-state index in [1.165, 1.54) is 13.8 Å². The van der Waals surface area contributed by atoms with Crippen LogP contribution in [0.2, 0.25) is 0 Å². The molecule has 0 saturated carbocycles. The van der Waals surface area contributed by atoms with Gasteiger partial charge in [-0.2, -0.15) is 0 Å². The molecule has 1 aliphatic rings. The number of amides is 2. The number of Topliss-reactive ketones (excluding diaryl/α,β-unsaturated/α-hetero) is 1. The van der Waals surface area contributed by atoms with Crippen molar-refractivity contribution in [2.24, 2.45) is 4.99 Å². The molecule has 4 atom stereocenters. The Balaban J connectivity index is 3.08. The molecule has 30 heavy (non-hydrogen) atoms. The van der Waals surface area contributed by atoms with Crippen molar-refractivity contribution in [1.29, 1.82) is 0 Å². The van der Waals surface area contributed by atoms with E-state index in [-0.39, 0.29) is 17.9 Å². The Morgan fingerprint density at radius 3 is 1.93 bits per heavy atom. The number of nitrogens with zero attached hydrogens (tertiary/aromatic N) is 1. The number of aliphatic imine (C=N–C) groups is 1. The number of nitrogens with one attached hydrogen (secondary N) is 1. The minimum atomic E-state index is -1.36. The van der Waals surface area contributed by atoms with E-state index in [1.54, 1.807) is 0 Å². The molecule has 1 aliphatic heterocycles. The number of carbonyl (C=O) groups is 5. The summed E-state index contributed by atoms with van der Waals surface area (Å²) in [6, 6.07) is -0.996. The molecule has 2 N–H and O–H groups in total. The minimum Gasteiger partial charge on any atom is -0.512 e. The van der Waals surface area contributed by atoms with Crippen LogP contribution >= 0.6 is 0 Å². The van der Waals surface area contributed by atoms with Gasteiger partial charge in [0.25, 0.3) is 0 Å². The third kappa shape index (κ3) is 7.62. The summed E-state index contributed by atoms with van der Waals surface area (Å²) in [5.74, 6) is -3.04. The first-order chi connectivity index (χ1) is 13.9. The van der Waals surface area contributed by atoms with E-state index in [9.17, 15) is 29.1 Å². The number of rotatable bonds is 6.